The van der Waals surface area contributed by atoms with Crippen LogP contribution in [-0.4, -0.2) is 54.9 Å². The molecule has 1 fully saturated rings. The van der Waals surface area contributed by atoms with Crippen LogP contribution >= 0.6 is 0 Å². The van der Waals surface area contributed by atoms with E-state index in [1.807, 2.05) is 26.8 Å². The fraction of sp³-hybridized carbons (Fsp3) is 0.647. The SMILES string of the molecule is COc1cc(N2CCC(N(C)C(=O)OC(C)(C)C)CC2)ncc1N. The van der Waals surface area contributed by atoms with Crippen molar-refractivity contribution in [2.45, 2.75) is 45.3 Å². The van der Waals surface area contributed by atoms with Crippen LogP contribution in [0.5, 0.6) is 5.75 Å². The Hall–Kier alpha value is -2.18. The normalized spacial score (nSPS) is 16.0. The van der Waals surface area contributed by atoms with Gasteiger partial charge in [0, 0.05) is 32.2 Å². The molecule has 2 heterocycles. The number of carbonyl (C=O) groups excluding carboxylic acids is 1. The van der Waals surface area contributed by atoms with Crippen molar-refractivity contribution in [3.8, 4) is 5.75 Å². The Morgan fingerprint density at radius 3 is 2.54 bits per heavy atom. The van der Waals surface area contributed by atoms with Crippen LogP contribution in [0.15, 0.2) is 12.3 Å². The van der Waals surface area contributed by atoms with Crippen molar-refractivity contribution in [1.82, 2.24) is 9.88 Å². The van der Waals surface area contributed by atoms with E-state index in [2.05, 4.69) is 9.88 Å². The van der Waals surface area contributed by atoms with Gasteiger partial charge in [-0.3, -0.25) is 0 Å². The van der Waals surface area contributed by atoms with E-state index in [4.69, 9.17) is 15.2 Å². The fourth-order valence-electron chi connectivity index (χ4n) is 2.75. The Morgan fingerprint density at radius 2 is 2.00 bits per heavy atom. The highest BCUT2D eigenvalue weighted by molar-refractivity contribution is 5.68. The van der Waals surface area contributed by atoms with Crippen molar-refractivity contribution in [1.29, 1.82) is 0 Å². The molecular weight excluding hydrogens is 308 g/mol. The van der Waals surface area contributed by atoms with Crippen LogP contribution in [-0.2, 0) is 4.74 Å². The van der Waals surface area contributed by atoms with Gasteiger partial charge in [-0.05, 0) is 33.6 Å². The second-order valence-corrected chi connectivity index (χ2v) is 7.09. The summed E-state index contributed by atoms with van der Waals surface area (Å²) in [7, 11) is 3.40. The molecule has 1 aliphatic heterocycles. The Morgan fingerprint density at radius 1 is 1.38 bits per heavy atom. The smallest absolute Gasteiger partial charge is 0.410 e. The van der Waals surface area contributed by atoms with E-state index in [1.54, 1.807) is 25.3 Å². The van der Waals surface area contributed by atoms with E-state index in [0.29, 0.717) is 11.4 Å². The summed E-state index contributed by atoms with van der Waals surface area (Å²) >= 11 is 0. The van der Waals surface area contributed by atoms with Gasteiger partial charge in [-0.15, -0.1) is 0 Å². The third-order valence-electron chi connectivity index (χ3n) is 4.12. The van der Waals surface area contributed by atoms with Gasteiger partial charge in [-0.25, -0.2) is 9.78 Å². The molecule has 7 heteroatoms. The number of methoxy groups -OCH3 is 1. The number of carbonyl (C=O) groups is 1. The number of aromatic nitrogens is 1. The minimum Gasteiger partial charge on any atom is -0.494 e. The van der Waals surface area contributed by atoms with E-state index in [1.165, 1.54) is 0 Å². The number of rotatable bonds is 3. The Labute approximate surface area is 143 Å². The number of pyridine rings is 1. The molecule has 0 saturated carbocycles. The molecule has 2 rings (SSSR count). The molecule has 0 aromatic carbocycles. The molecular formula is C17H28N4O3. The first-order valence-corrected chi connectivity index (χ1v) is 8.21. The maximum absolute atomic E-state index is 12.2. The molecule has 134 valence electrons. The average molecular weight is 336 g/mol. The predicted molar refractivity (Wildman–Crippen MR) is 94.4 cm³/mol. The van der Waals surface area contributed by atoms with Crippen LogP contribution in [0.3, 0.4) is 0 Å². The second kappa shape index (κ2) is 7.15. The summed E-state index contributed by atoms with van der Waals surface area (Å²) in [4.78, 5) is 20.4. The lowest BCUT2D eigenvalue weighted by atomic mass is 10.0. The van der Waals surface area contributed by atoms with Crippen LogP contribution < -0.4 is 15.4 Å². The lowest BCUT2D eigenvalue weighted by molar-refractivity contribution is 0.0201. The molecule has 1 aliphatic rings. The molecule has 1 aromatic heterocycles. The summed E-state index contributed by atoms with van der Waals surface area (Å²) in [5.74, 6) is 1.48. The number of anilines is 2. The number of nitrogen functional groups attached to an aromatic ring is 1. The predicted octanol–water partition coefficient (Wildman–Crippen LogP) is 2.51. The zero-order chi connectivity index (χ0) is 17.9. The highest BCUT2D eigenvalue weighted by atomic mass is 16.6. The van der Waals surface area contributed by atoms with Crippen LogP contribution in [0.1, 0.15) is 33.6 Å². The van der Waals surface area contributed by atoms with Gasteiger partial charge in [0.2, 0.25) is 0 Å². The van der Waals surface area contributed by atoms with Crippen molar-refractivity contribution in [3.63, 3.8) is 0 Å². The minimum atomic E-state index is -0.476. The third kappa shape index (κ3) is 4.43. The lowest BCUT2D eigenvalue weighted by Gasteiger charge is -2.37. The zero-order valence-corrected chi connectivity index (χ0v) is 15.2. The van der Waals surface area contributed by atoms with Gasteiger partial charge in [-0.2, -0.15) is 0 Å². The van der Waals surface area contributed by atoms with Crippen LogP contribution in [0.25, 0.3) is 0 Å². The number of ether oxygens (including phenoxy) is 2. The van der Waals surface area contributed by atoms with E-state index in [-0.39, 0.29) is 12.1 Å². The largest absolute Gasteiger partial charge is 0.494 e. The van der Waals surface area contributed by atoms with E-state index < -0.39 is 5.60 Å². The summed E-state index contributed by atoms with van der Waals surface area (Å²) in [6.07, 6.45) is 3.08. The van der Waals surface area contributed by atoms with Crippen molar-refractivity contribution < 1.29 is 14.3 Å². The topological polar surface area (TPSA) is 80.9 Å². The number of hydrogen-bond acceptors (Lipinski definition) is 6. The number of piperidine rings is 1. The maximum atomic E-state index is 12.2. The lowest BCUT2D eigenvalue weighted by Crippen LogP contribution is -2.47. The molecule has 2 N–H and O–H groups in total. The van der Waals surface area contributed by atoms with Crippen molar-refractivity contribution in [2.24, 2.45) is 0 Å². The average Bonchev–Trinajstić information content (AvgIpc) is 2.53. The highest BCUT2D eigenvalue weighted by Gasteiger charge is 2.29. The molecule has 0 unspecified atom stereocenters. The van der Waals surface area contributed by atoms with Crippen LogP contribution in [0.4, 0.5) is 16.3 Å². The molecule has 24 heavy (non-hydrogen) atoms. The van der Waals surface area contributed by atoms with Gasteiger partial charge in [0.15, 0.2) is 0 Å². The molecule has 0 bridgehead atoms. The maximum Gasteiger partial charge on any atom is 0.410 e. The summed E-state index contributed by atoms with van der Waals surface area (Å²) in [5.41, 5.74) is 5.86. The van der Waals surface area contributed by atoms with Gasteiger partial charge >= 0.3 is 6.09 Å². The summed E-state index contributed by atoms with van der Waals surface area (Å²) < 4.78 is 10.7. The Kier molecular flexibility index (Phi) is 5.41. The monoisotopic (exact) mass is 336 g/mol. The van der Waals surface area contributed by atoms with Gasteiger partial charge in [-0.1, -0.05) is 0 Å². The van der Waals surface area contributed by atoms with E-state index >= 15 is 0 Å². The van der Waals surface area contributed by atoms with Gasteiger partial charge < -0.3 is 25.0 Å². The molecule has 0 radical (unpaired) electrons. The van der Waals surface area contributed by atoms with Gasteiger partial charge in [0.1, 0.15) is 17.2 Å². The molecule has 7 nitrogen and oxygen atoms in total. The number of nitrogens with two attached hydrogens (primary N) is 1. The fourth-order valence-corrected chi connectivity index (χ4v) is 2.75. The third-order valence-corrected chi connectivity index (χ3v) is 4.12. The first-order chi connectivity index (χ1) is 11.2. The quantitative estimate of drug-likeness (QED) is 0.913. The van der Waals surface area contributed by atoms with Crippen LogP contribution in [0, 0.1) is 0 Å². The standard InChI is InChI=1S/C17H28N4O3/c1-17(2,3)24-16(22)20(4)12-6-8-21(9-7-12)15-10-14(23-5)13(18)11-19-15/h10-12H,6-9,18H2,1-5H3. The minimum absolute atomic E-state index is 0.173. The van der Waals surface area contributed by atoms with Crippen molar-refractivity contribution in [2.75, 3.05) is 37.9 Å². The molecule has 0 aliphatic carbocycles. The molecule has 0 atom stereocenters. The zero-order valence-electron chi connectivity index (χ0n) is 15.2. The molecule has 1 saturated heterocycles. The second-order valence-electron chi connectivity index (χ2n) is 7.09. The summed E-state index contributed by atoms with van der Waals surface area (Å²) in [5, 5.41) is 0. The van der Waals surface area contributed by atoms with Crippen LogP contribution in [0.2, 0.25) is 0 Å². The van der Waals surface area contributed by atoms with E-state index in [0.717, 1.165) is 31.7 Å². The summed E-state index contributed by atoms with van der Waals surface area (Å²) in [6, 6.07) is 2.03. The summed E-state index contributed by atoms with van der Waals surface area (Å²) in [6.45, 7) is 7.26. The Bertz CT molecular complexity index is 578. The van der Waals surface area contributed by atoms with Gasteiger partial charge in [0.05, 0.1) is 19.0 Å². The first kappa shape index (κ1) is 18.2. The highest BCUT2D eigenvalue weighted by Crippen LogP contribution is 2.27. The number of nitrogens with zero attached hydrogens (tertiary/aromatic N) is 3. The van der Waals surface area contributed by atoms with E-state index in [9.17, 15) is 4.79 Å². The molecule has 1 amide bonds. The Balaban J connectivity index is 1.94. The molecule has 1 aromatic rings. The van der Waals surface area contributed by atoms with Crippen molar-refractivity contribution in [3.05, 3.63) is 12.3 Å². The number of hydrogen-bond donors (Lipinski definition) is 1. The molecule has 0 spiro atoms. The van der Waals surface area contributed by atoms with Gasteiger partial charge in [0.25, 0.3) is 0 Å². The first-order valence-electron chi connectivity index (χ1n) is 8.21. The number of amides is 1. The van der Waals surface area contributed by atoms with Crippen molar-refractivity contribution >= 4 is 17.6 Å².